The van der Waals surface area contributed by atoms with Crippen molar-refractivity contribution in [3.8, 4) is 0 Å². The summed E-state index contributed by atoms with van der Waals surface area (Å²) in [5.74, 6) is -1.74. The van der Waals surface area contributed by atoms with Crippen LogP contribution in [0.5, 0.6) is 0 Å². The van der Waals surface area contributed by atoms with Crippen LogP contribution in [0.2, 0.25) is 0 Å². The van der Waals surface area contributed by atoms with E-state index in [1.165, 1.54) is 0 Å². The molecule has 0 aliphatic heterocycles. The number of nitrogens with zero attached hydrogens (tertiary/aromatic N) is 1. The largest absolute Gasteiger partial charge is 0.550 e. The molecule has 0 saturated carbocycles. The SMILES string of the molecule is CC(C)CC(=O)[C@@](O)(CC(=O)[O-])C[N+](C)(C)C. The summed E-state index contributed by atoms with van der Waals surface area (Å²) in [7, 11) is 5.38. The van der Waals surface area contributed by atoms with Crippen molar-refractivity contribution in [1.29, 1.82) is 0 Å². The normalized spacial score (nSPS) is 15.7. The number of Topliss-reactive ketones (excluding diaryl/α,β-unsaturated/α-hetero) is 1. The number of ketones is 1. The monoisotopic (exact) mass is 245 g/mol. The molecule has 0 radical (unpaired) electrons. The van der Waals surface area contributed by atoms with E-state index in [0.29, 0.717) is 4.48 Å². The van der Waals surface area contributed by atoms with Gasteiger partial charge in [0.25, 0.3) is 0 Å². The van der Waals surface area contributed by atoms with Crippen LogP contribution < -0.4 is 5.11 Å². The summed E-state index contributed by atoms with van der Waals surface area (Å²) in [6.07, 6.45) is -0.474. The second kappa shape index (κ2) is 5.60. The first-order valence-corrected chi connectivity index (χ1v) is 5.72. The van der Waals surface area contributed by atoms with Crippen molar-refractivity contribution in [2.24, 2.45) is 5.92 Å². The van der Waals surface area contributed by atoms with E-state index in [9.17, 15) is 19.8 Å². The number of carboxylic acids is 1. The molecule has 0 heterocycles. The van der Waals surface area contributed by atoms with Crippen LogP contribution in [0, 0.1) is 5.92 Å². The molecule has 17 heavy (non-hydrogen) atoms. The fourth-order valence-corrected chi connectivity index (χ4v) is 1.83. The molecule has 0 spiro atoms. The van der Waals surface area contributed by atoms with Crippen LogP contribution in [0.1, 0.15) is 26.7 Å². The fourth-order valence-electron chi connectivity index (χ4n) is 1.83. The van der Waals surface area contributed by atoms with Gasteiger partial charge in [-0.1, -0.05) is 13.8 Å². The summed E-state index contributed by atoms with van der Waals surface area (Å²) in [4.78, 5) is 22.6. The first kappa shape index (κ1) is 16.1. The maximum absolute atomic E-state index is 11.9. The maximum atomic E-state index is 11.9. The summed E-state index contributed by atoms with van der Waals surface area (Å²) in [5.41, 5.74) is -1.83. The summed E-state index contributed by atoms with van der Waals surface area (Å²) in [5, 5.41) is 20.9. The molecule has 5 nitrogen and oxygen atoms in total. The van der Waals surface area contributed by atoms with E-state index in [0.717, 1.165) is 0 Å². The Morgan fingerprint density at radius 3 is 2.06 bits per heavy atom. The average Bonchev–Trinajstić information content (AvgIpc) is 1.96. The Hall–Kier alpha value is -0.940. The van der Waals surface area contributed by atoms with Gasteiger partial charge in [0.2, 0.25) is 0 Å². The Bertz CT molecular complexity index is 293. The van der Waals surface area contributed by atoms with Gasteiger partial charge in [0, 0.05) is 18.8 Å². The van der Waals surface area contributed by atoms with E-state index in [2.05, 4.69) is 0 Å². The Morgan fingerprint density at radius 2 is 1.76 bits per heavy atom. The maximum Gasteiger partial charge on any atom is 0.177 e. The standard InChI is InChI=1S/C12H23NO4/c1-9(2)6-10(14)12(17,7-11(15)16)8-13(3,4)5/h9,17H,6-8H2,1-5H3/t12-/m1/s1. The van der Waals surface area contributed by atoms with Crippen LogP contribution in [0.15, 0.2) is 0 Å². The predicted molar refractivity (Wildman–Crippen MR) is 61.9 cm³/mol. The van der Waals surface area contributed by atoms with Gasteiger partial charge in [0.05, 0.1) is 21.1 Å². The molecular formula is C12H23NO4. The van der Waals surface area contributed by atoms with E-state index in [1.54, 1.807) is 21.1 Å². The number of rotatable bonds is 7. The minimum atomic E-state index is -1.83. The highest BCUT2D eigenvalue weighted by atomic mass is 16.4. The molecule has 0 bridgehead atoms. The van der Waals surface area contributed by atoms with Gasteiger partial charge in [-0.05, 0) is 5.92 Å². The van der Waals surface area contributed by atoms with Gasteiger partial charge in [-0.15, -0.1) is 0 Å². The molecule has 0 rings (SSSR count). The van der Waals surface area contributed by atoms with E-state index < -0.39 is 23.8 Å². The molecule has 5 heteroatoms. The number of hydrogen-bond donors (Lipinski definition) is 1. The highest BCUT2D eigenvalue weighted by Crippen LogP contribution is 2.19. The molecule has 0 fully saturated rings. The quantitative estimate of drug-likeness (QED) is 0.594. The van der Waals surface area contributed by atoms with Crippen LogP contribution >= 0.6 is 0 Å². The Balaban J connectivity index is 4.96. The molecule has 0 aromatic carbocycles. The highest BCUT2D eigenvalue weighted by molar-refractivity contribution is 5.90. The molecule has 0 aromatic heterocycles. The van der Waals surface area contributed by atoms with Crippen molar-refractivity contribution in [2.75, 3.05) is 27.7 Å². The van der Waals surface area contributed by atoms with E-state index in [4.69, 9.17) is 0 Å². The van der Waals surface area contributed by atoms with Crippen LogP contribution in [0.4, 0.5) is 0 Å². The van der Waals surface area contributed by atoms with Gasteiger partial charge in [-0.3, -0.25) is 4.79 Å². The predicted octanol–water partition coefficient (Wildman–Crippen LogP) is -0.821. The molecule has 1 N–H and O–H groups in total. The van der Waals surface area contributed by atoms with Gasteiger partial charge in [0.1, 0.15) is 6.54 Å². The van der Waals surface area contributed by atoms with Crippen molar-refractivity contribution in [3.63, 3.8) is 0 Å². The highest BCUT2D eigenvalue weighted by Gasteiger charge is 2.40. The van der Waals surface area contributed by atoms with Crippen molar-refractivity contribution < 1.29 is 24.3 Å². The number of carbonyl (C=O) groups is 2. The lowest BCUT2D eigenvalue weighted by molar-refractivity contribution is -0.875. The minimum Gasteiger partial charge on any atom is -0.550 e. The molecule has 0 amide bonds. The molecule has 0 aliphatic carbocycles. The summed E-state index contributed by atoms with van der Waals surface area (Å²) in [6.45, 7) is 3.76. The van der Waals surface area contributed by atoms with Crippen LogP contribution in [-0.2, 0) is 9.59 Å². The summed E-state index contributed by atoms with van der Waals surface area (Å²) in [6, 6.07) is 0. The Morgan fingerprint density at radius 1 is 1.29 bits per heavy atom. The van der Waals surface area contributed by atoms with E-state index in [-0.39, 0.29) is 18.9 Å². The first-order valence-electron chi connectivity index (χ1n) is 5.72. The molecule has 1 atom stereocenters. The van der Waals surface area contributed by atoms with E-state index >= 15 is 0 Å². The fraction of sp³-hybridized carbons (Fsp3) is 0.833. The van der Waals surface area contributed by atoms with Gasteiger partial charge in [0.15, 0.2) is 11.4 Å². The molecule has 100 valence electrons. The van der Waals surface area contributed by atoms with Crippen LogP contribution in [0.25, 0.3) is 0 Å². The van der Waals surface area contributed by atoms with E-state index in [1.807, 2.05) is 13.8 Å². The zero-order chi connectivity index (χ0) is 13.9. The van der Waals surface area contributed by atoms with Gasteiger partial charge >= 0.3 is 0 Å². The number of likely N-dealkylation sites (N-methyl/N-ethyl adjacent to an activating group) is 1. The number of aliphatic carboxylic acids is 1. The van der Waals surface area contributed by atoms with Crippen LogP contribution in [0.3, 0.4) is 0 Å². The topological polar surface area (TPSA) is 77.4 Å². The molecule has 0 saturated heterocycles. The Labute approximate surface area is 103 Å². The molecule has 0 aliphatic rings. The smallest absolute Gasteiger partial charge is 0.177 e. The van der Waals surface area contributed by atoms with Crippen LogP contribution in [-0.4, -0.2) is 54.6 Å². The van der Waals surface area contributed by atoms with Gasteiger partial charge in [-0.25, -0.2) is 0 Å². The molecular weight excluding hydrogens is 222 g/mol. The second-order valence-corrected chi connectivity index (χ2v) is 6.05. The number of carbonyl (C=O) groups excluding carboxylic acids is 2. The van der Waals surface area contributed by atoms with Crippen molar-refractivity contribution >= 4 is 11.8 Å². The van der Waals surface area contributed by atoms with Crippen molar-refractivity contribution in [3.05, 3.63) is 0 Å². The zero-order valence-electron chi connectivity index (χ0n) is 11.3. The van der Waals surface area contributed by atoms with Gasteiger partial charge in [-0.2, -0.15) is 0 Å². The third-order valence-electron chi connectivity index (χ3n) is 2.29. The molecule has 0 unspecified atom stereocenters. The number of aliphatic hydroxyl groups is 1. The summed E-state index contributed by atoms with van der Waals surface area (Å²) >= 11 is 0. The summed E-state index contributed by atoms with van der Waals surface area (Å²) < 4.78 is 0.313. The Kier molecular flexibility index (Phi) is 5.29. The number of hydrogen-bond acceptors (Lipinski definition) is 4. The van der Waals surface area contributed by atoms with Crippen molar-refractivity contribution in [2.45, 2.75) is 32.3 Å². The van der Waals surface area contributed by atoms with Crippen molar-refractivity contribution in [1.82, 2.24) is 0 Å². The number of quaternary nitrogens is 1. The lowest BCUT2D eigenvalue weighted by Gasteiger charge is -2.35. The molecule has 0 aromatic rings. The third-order valence-corrected chi connectivity index (χ3v) is 2.29. The second-order valence-electron chi connectivity index (χ2n) is 6.05. The average molecular weight is 245 g/mol. The van der Waals surface area contributed by atoms with Gasteiger partial charge < -0.3 is 19.5 Å². The third kappa shape index (κ3) is 6.38. The first-order chi connectivity index (χ1) is 7.46. The minimum absolute atomic E-state index is 0.0620. The lowest BCUT2D eigenvalue weighted by atomic mass is 9.88. The number of carboxylic acid groups (broad SMARTS) is 1. The zero-order valence-corrected chi connectivity index (χ0v) is 11.3. The lowest BCUT2D eigenvalue weighted by Crippen LogP contribution is -2.56.